The fourth-order valence-electron chi connectivity index (χ4n) is 3.33. The van der Waals surface area contributed by atoms with Crippen LogP contribution in [0.5, 0.6) is 0 Å². The van der Waals surface area contributed by atoms with E-state index in [1.807, 2.05) is 0 Å². The summed E-state index contributed by atoms with van der Waals surface area (Å²) in [6, 6.07) is 12.2. The Hall–Kier alpha value is -2.56. The summed E-state index contributed by atoms with van der Waals surface area (Å²) in [4.78, 5) is 25.4. The number of nitrogens with one attached hydrogen (secondary N) is 1. The van der Waals surface area contributed by atoms with Crippen molar-refractivity contribution in [3.05, 3.63) is 82.7 Å². The molecule has 3 aromatic carbocycles. The van der Waals surface area contributed by atoms with Crippen LogP contribution < -0.4 is 11.1 Å². The first kappa shape index (κ1) is 22.1. The fourth-order valence-corrected chi connectivity index (χ4v) is 3.97. The molecule has 7 nitrogen and oxygen atoms in total. The summed E-state index contributed by atoms with van der Waals surface area (Å²) in [6.07, 6.45) is 0. The molecule has 0 aliphatic heterocycles. The molecule has 0 saturated carbocycles. The number of ketones is 2. The van der Waals surface area contributed by atoms with Crippen LogP contribution in [0.25, 0.3) is 0 Å². The van der Waals surface area contributed by atoms with Crippen LogP contribution in [-0.4, -0.2) is 54.1 Å². The minimum absolute atomic E-state index is 0. The standard InChI is InChI=1S/C20H13FN2O5S.Na.H/c21-10-4-3-5-11(8-10)23-14-9-15(29(26,27)28)18(22)17-16(14)19(24)12-6-1-2-7-13(12)20(17)25;;/h1-9,23H,22H2,(H,26,27,28);;. The van der Waals surface area contributed by atoms with E-state index in [-0.39, 0.29) is 63.2 Å². The van der Waals surface area contributed by atoms with E-state index in [9.17, 15) is 27.0 Å². The summed E-state index contributed by atoms with van der Waals surface area (Å²) in [5.74, 6) is -1.77. The number of anilines is 3. The Morgan fingerprint density at radius 2 is 1.50 bits per heavy atom. The second-order valence-corrected chi connectivity index (χ2v) is 7.79. The van der Waals surface area contributed by atoms with Gasteiger partial charge in [-0.3, -0.25) is 14.1 Å². The number of hydrogen-bond acceptors (Lipinski definition) is 6. The average molecular weight is 436 g/mol. The third kappa shape index (κ3) is 3.66. The number of rotatable bonds is 3. The molecule has 148 valence electrons. The van der Waals surface area contributed by atoms with Gasteiger partial charge < -0.3 is 11.1 Å². The summed E-state index contributed by atoms with van der Waals surface area (Å²) in [5, 5.41) is 2.75. The van der Waals surface area contributed by atoms with Crippen molar-refractivity contribution in [2.75, 3.05) is 11.1 Å². The van der Waals surface area contributed by atoms with Gasteiger partial charge in [-0.2, -0.15) is 8.42 Å². The molecule has 0 fully saturated rings. The quantitative estimate of drug-likeness (QED) is 0.256. The van der Waals surface area contributed by atoms with Gasteiger partial charge in [0.1, 0.15) is 10.7 Å². The third-order valence-corrected chi connectivity index (χ3v) is 5.48. The summed E-state index contributed by atoms with van der Waals surface area (Å²) >= 11 is 0. The van der Waals surface area contributed by atoms with Crippen molar-refractivity contribution in [3.8, 4) is 0 Å². The van der Waals surface area contributed by atoms with E-state index in [0.29, 0.717) is 0 Å². The molecule has 0 amide bonds. The first-order valence-electron chi connectivity index (χ1n) is 8.33. The van der Waals surface area contributed by atoms with Crippen LogP contribution in [0.4, 0.5) is 21.5 Å². The number of benzene rings is 3. The molecule has 0 saturated heterocycles. The second kappa shape index (κ2) is 7.93. The molecule has 0 atom stereocenters. The summed E-state index contributed by atoms with van der Waals surface area (Å²) in [5.41, 5.74) is 5.19. The van der Waals surface area contributed by atoms with E-state index in [1.165, 1.54) is 30.3 Å². The molecule has 0 radical (unpaired) electrons. The minimum atomic E-state index is -4.81. The van der Waals surface area contributed by atoms with Gasteiger partial charge in [0.05, 0.1) is 22.5 Å². The van der Waals surface area contributed by atoms with Crippen LogP contribution in [0.1, 0.15) is 31.8 Å². The average Bonchev–Trinajstić information content (AvgIpc) is 2.66. The van der Waals surface area contributed by atoms with Gasteiger partial charge in [-0.1, -0.05) is 30.3 Å². The number of nitrogens with two attached hydrogens (primary N) is 1. The van der Waals surface area contributed by atoms with Crippen molar-refractivity contribution in [2.45, 2.75) is 4.90 Å². The van der Waals surface area contributed by atoms with Gasteiger partial charge >= 0.3 is 29.6 Å². The fraction of sp³-hybridized carbons (Fsp3) is 0. The number of carbonyl (C=O) groups is 2. The molecule has 0 spiro atoms. The van der Waals surface area contributed by atoms with E-state index in [1.54, 1.807) is 12.1 Å². The first-order chi connectivity index (χ1) is 13.7. The Morgan fingerprint density at radius 1 is 0.900 bits per heavy atom. The van der Waals surface area contributed by atoms with Gasteiger partial charge in [0.25, 0.3) is 10.1 Å². The summed E-state index contributed by atoms with van der Waals surface area (Å²) in [7, 11) is -4.81. The molecule has 10 heteroatoms. The van der Waals surface area contributed by atoms with Gasteiger partial charge in [-0.05, 0) is 24.3 Å². The normalized spacial score (nSPS) is 12.6. The molecule has 0 bridgehead atoms. The second-order valence-electron chi connectivity index (χ2n) is 6.40. The van der Waals surface area contributed by atoms with Crippen molar-refractivity contribution in [1.29, 1.82) is 0 Å². The van der Waals surface area contributed by atoms with Crippen LogP contribution >= 0.6 is 0 Å². The van der Waals surface area contributed by atoms with Crippen molar-refractivity contribution < 1.29 is 27.0 Å². The number of fused-ring (bicyclic) bond motifs is 2. The maximum atomic E-state index is 13.6. The molecule has 0 unspecified atom stereocenters. The van der Waals surface area contributed by atoms with E-state index < -0.39 is 38.1 Å². The van der Waals surface area contributed by atoms with Gasteiger partial charge in [-0.25, -0.2) is 4.39 Å². The zero-order chi connectivity index (χ0) is 20.9. The number of halogens is 1. The number of hydrogen-bond donors (Lipinski definition) is 3. The van der Waals surface area contributed by atoms with Gasteiger partial charge in [-0.15, -0.1) is 0 Å². The van der Waals surface area contributed by atoms with Crippen LogP contribution in [0.15, 0.2) is 59.5 Å². The third-order valence-electron chi connectivity index (χ3n) is 4.58. The molecule has 1 aliphatic carbocycles. The Balaban J connectivity index is 0.00000256. The van der Waals surface area contributed by atoms with Crippen molar-refractivity contribution >= 4 is 68.3 Å². The van der Waals surface area contributed by atoms with Crippen LogP contribution in [0.3, 0.4) is 0 Å². The van der Waals surface area contributed by atoms with Crippen molar-refractivity contribution in [1.82, 2.24) is 0 Å². The Morgan fingerprint density at radius 3 is 2.07 bits per heavy atom. The first-order valence-corrected chi connectivity index (χ1v) is 9.77. The Kier molecular flexibility index (Phi) is 5.85. The predicted molar refractivity (Wildman–Crippen MR) is 111 cm³/mol. The van der Waals surface area contributed by atoms with Crippen LogP contribution in [-0.2, 0) is 10.1 Å². The molecule has 4 N–H and O–H groups in total. The van der Waals surface area contributed by atoms with Gasteiger partial charge in [0.2, 0.25) is 0 Å². The number of carbonyl (C=O) groups excluding carboxylic acids is 2. The summed E-state index contributed by atoms with van der Waals surface area (Å²) in [6.45, 7) is 0. The molecule has 0 aromatic heterocycles. The van der Waals surface area contributed by atoms with Crippen molar-refractivity contribution in [2.24, 2.45) is 0 Å². The van der Waals surface area contributed by atoms with Gasteiger partial charge in [0.15, 0.2) is 11.6 Å². The topological polar surface area (TPSA) is 127 Å². The predicted octanol–water partition coefficient (Wildman–Crippen LogP) is 2.53. The van der Waals surface area contributed by atoms with E-state index in [2.05, 4.69) is 5.32 Å². The number of nitrogen functional groups attached to an aromatic ring is 1. The maximum absolute atomic E-state index is 13.6. The zero-order valence-corrected chi connectivity index (χ0v) is 15.5. The SMILES string of the molecule is Nc1c(S(=O)(=O)O)cc(Nc2cccc(F)c2)c2c1C(=O)c1ccccc1C2=O.[NaH]. The van der Waals surface area contributed by atoms with E-state index in [4.69, 9.17) is 5.73 Å². The molecule has 1 aliphatic rings. The molecule has 3 aromatic rings. The zero-order valence-electron chi connectivity index (χ0n) is 14.6. The molecule has 30 heavy (non-hydrogen) atoms. The van der Waals surface area contributed by atoms with E-state index >= 15 is 0 Å². The summed E-state index contributed by atoms with van der Waals surface area (Å²) < 4.78 is 46.8. The molecular formula is C20H14FN2NaO5S. The molecule has 4 rings (SSSR count). The van der Waals surface area contributed by atoms with Crippen LogP contribution in [0, 0.1) is 5.82 Å². The van der Waals surface area contributed by atoms with E-state index in [0.717, 1.165) is 12.1 Å². The Bertz CT molecular complexity index is 1320. The molecule has 0 heterocycles. The van der Waals surface area contributed by atoms with Crippen LogP contribution in [0.2, 0.25) is 0 Å². The Labute approximate surface area is 193 Å². The monoisotopic (exact) mass is 436 g/mol. The van der Waals surface area contributed by atoms with Gasteiger partial charge in [0, 0.05) is 16.8 Å². The molecular weight excluding hydrogens is 422 g/mol. The van der Waals surface area contributed by atoms with Crippen molar-refractivity contribution in [3.63, 3.8) is 0 Å².